The van der Waals surface area contributed by atoms with Crippen molar-refractivity contribution < 1.29 is 9.84 Å². The van der Waals surface area contributed by atoms with Crippen LogP contribution in [0.5, 0.6) is 0 Å². The van der Waals surface area contributed by atoms with Crippen molar-refractivity contribution in [2.45, 2.75) is 77.2 Å². The summed E-state index contributed by atoms with van der Waals surface area (Å²) in [6, 6.07) is 1.11. The summed E-state index contributed by atoms with van der Waals surface area (Å²) in [6.45, 7) is 7.28. The third kappa shape index (κ3) is 1.60. The Balaban J connectivity index is 1.59. The number of rotatable bonds is 4. The molecule has 0 aromatic heterocycles. The average molecular weight is 253 g/mol. The van der Waals surface area contributed by atoms with Crippen LogP contribution in [0.3, 0.4) is 0 Å². The van der Waals surface area contributed by atoms with Crippen molar-refractivity contribution in [3.05, 3.63) is 0 Å². The van der Waals surface area contributed by atoms with Crippen molar-refractivity contribution in [3.8, 4) is 0 Å². The van der Waals surface area contributed by atoms with Crippen LogP contribution in [0.1, 0.15) is 52.9 Å². The smallest absolute Gasteiger partial charge is 0.0661 e. The monoisotopic (exact) mass is 253 g/mol. The lowest BCUT2D eigenvalue weighted by Gasteiger charge is -2.64. The largest absolute Gasteiger partial charge is 0.392 e. The maximum absolute atomic E-state index is 9.82. The van der Waals surface area contributed by atoms with Crippen LogP contribution in [-0.4, -0.2) is 36.0 Å². The molecule has 0 saturated heterocycles. The van der Waals surface area contributed by atoms with Gasteiger partial charge < -0.3 is 15.2 Å². The Hall–Kier alpha value is -0.120. The number of hydrogen-bond donors (Lipinski definition) is 2. The molecule has 3 aliphatic carbocycles. The van der Waals surface area contributed by atoms with E-state index < -0.39 is 0 Å². The molecule has 104 valence electrons. The Morgan fingerprint density at radius 3 is 2.39 bits per heavy atom. The molecule has 3 rings (SSSR count). The van der Waals surface area contributed by atoms with E-state index in [-0.39, 0.29) is 11.5 Å². The zero-order valence-corrected chi connectivity index (χ0v) is 11.9. The molecule has 3 fully saturated rings. The van der Waals surface area contributed by atoms with Crippen LogP contribution in [0.4, 0.5) is 0 Å². The van der Waals surface area contributed by atoms with Gasteiger partial charge in [-0.05, 0) is 32.6 Å². The van der Waals surface area contributed by atoms with E-state index in [1.165, 1.54) is 19.3 Å². The number of nitrogens with one attached hydrogen (secondary N) is 1. The summed E-state index contributed by atoms with van der Waals surface area (Å²) < 4.78 is 5.88. The maximum Gasteiger partial charge on any atom is 0.0661 e. The number of ether oxygens (including phenoxy) is 1. The van der Waals surface area contributed by atoms with Crippen LogP contribution in [0.2, 0.25) is 0 Å². The van der Waals surface area contributed by atoms with Crippen LogP contribution in [0.15, 0.2) is 0 Å². The molecule has 3 aliphatic rings. The van der Waals surface area contributed by atoms with Gasteiger partial charge in [-0.1, -0.05) is 20.3 Å². The van der Waals surface area contributed by atoms with Crippen LogP contribution in [-0.2, 0) is 4.74 Å². The van der Waals surface area contributed by atoms with Gasteiger partial charge in [0.15, 0.2) is 0 Å². The first-order chi connectivity index (χ1) is 8.50. The van der Waals surface area contributed by atoms with Gasteiger partial charge in [0.2, 0.25) is 0 Å². The lowest BCUT2D eigenvalue weighted by molar-refractivity contribution is -0.186. The van der Waals surface area contributed by atoms with Crippen LogP contribution >= 0.6 is 0 Å². The van der Waals surface area contributed by atoms with Gasteiger partial charge in [-0.25, -0.2) is 0 Å². The molecule has 0 aliphatic heterocycles. The average Bonchev–Trinajstić information content (AvgIpc) is 2.24. The minimum absolute atomic E-state index is 0.0433. The summed E-state index contributed by atoms with van der Waals surface area (Å²) in [7, 11) is 0. The fraction of sp³-hybridized carbons (Fsp3) is 1.00. The van der Waals surface area contributed by atoms with Gasteiger partial charge in [0.1, 0.15) is 0 Å². The van der Waals surface area contributed by atoms with E-state index in [1.54, 1.807) is 0 Å². The Labute approximate surface area is 110 Å². The molecule has 4 atom stereocenters. The normalized spacial score (nSPS) is 44.0. The summed E-state index contributed by atoms with van der Waals surface area (Å²) in [6.07, 6.45) is 6.45. The summed E-state index contributed by atoms with van der Waals surface area (Å²) in [5, 5.41) is 13.6. The van der Waals surface area contributed by atoms with Gasteiger partial charge in [-0.2, -0.15) is 0 Å². The summed E-state index contributed by atoms with van der Waals surface area (Å²) in [4.78, 5) is 0. The number of hydrogen-bond acceptors (Lipinski definition) is 3. The molecule has 1 spiro atoms. The predicted molar refractivity (Wildman–Crippen MR) is 71.4 cm³/mol. The molecule has 0 aromatic carbocycles. The predicted octanol–water partition coefficient (Wildman–Crippen LogP) is 2.08. The molecule has 2 N–H and O–H groups in total. The lowest BCUT2D eigenvalue weighted by Crippen LogP contribution is -2.72. The molecule has 3 saturated carbocycles. The van der Waals surface area contributed by atoms with Gasteiger partial charge in [0.05, 0.1) is 12.2 Å². The second-order valence-electron chi connectivity index (χ2n) is 7.11. The van der Waals surface area contributed by atoms with E-state index in [1.807, 2.05) is 0 Å². The van der Waals surface area contributed by atoms with Crippen LogP contribution in [0, 0.1) is 10.8 Å². The zero-order chi connectivity index (χ0) is 13.0. The zero-order valence-electron chi connectivity index (χ0n) is 11.9. The molecular formula is C15H27NO2. The maximum atomic E-state index is 9.82. The third-order valence-corrected chi connectivity index (χ3v) is 6.06. The molecule has 3 nitrogen and oxygen atoms in total. The SMILES string of the molecule is CCOC1CC(NC2CC(O)C2(C)C)C12CCC2. The fourth-order valence-electron chi connectivity index (χ4n) is 4.10. The molecule has 0 radical (unpaired) electrons. The Morgan fingerprint density at radius 1 is 1.22 bits per heavy atom. The Kier molecular flexibility index (Phi) is 3.00. The van der Waals surface area contributed by atoms with Crippen molar-refractivity contribution in [1.82, 2.24) is 5.32 Å². The quantitative estimate of drug-likeness (QED) is 0.806. The topological polar surface area (TPSA) is 41.5 Å². The first-order valence-corrected chi connectivity index (χ1v) is 7.56. The molecular weight excluding hydrogens is 226 g/mol. The van der Waals surface area contributed by atoms with E-state index in [0.29, 0.717) is 23.6 Å². The van der Waals surface area contributed by atoms with E-state index in [2.05, 4.69) is 26.1 Å². The van der Waals surface area contributed by atoms with Gasteiger partial charge in [-0.3, -0.25) is 0 Å². The van der Waals surface area contributed by atoms with Crippen molar-refractivity contribution in [2.75, 3.05) is 6.61 Å². The standard InChI is InChI=1S/C15H27NO2/c1-4-18-13-9-11(15(13)6-5-7-15)16-10-8-12(17)14(10,2)3/h10-13,16-17H,4-9H2,1-3H3. The molecule has 4 unspecified atom stereocenters. The third-order valence-electron chi connectivity index (χ3n) is 6.06. The Bertz CT molecular complexity index is 324. The van der Waals surface area contributed by atoms with Crippen molar-refractivity contribution >= 4 is 0 Å². The van der Waals surface area contributed by atoms with E-state index in [0.717, 1.165) is 19.4 Å². The highest BCUT2D eigenvalue weighted by Crippen LogP contribution is 2.58. The lowest BCUT2D eigenvalue weighted by atomic mass is 9.50. The van der Waals surface area contributed by atoms with Gasteiger partial charge in [-0.15, -0.1) is 0 Å². The first kappa shape index (κ1) is 12.9. The van der Waals surface area contributed by atoms with Gasteiger partial charge in [0, 0.05) is 29.5 Å². The van der Waals surface area contributed by atoms with Crippen LogP contribution in [0.25, 0.3) is 0 Å². The highest BCUT2D eigenvalue weighted by Gasteiger charge is 2.60. The number of aliphatic hydroxyl groups excluding tert-OH is 1. The molecule has 0 heterocycles. The van der Waals surface area contributed by atoms with E-state index >= 15 is 0 Å². The molecule has 0 bridgehead atoms. The van der Waals surface area contributed by atoms with Gasteiger partial charge >= 0.3 is 0 Å². The summed E-state index contributed by atoms with van der Waals surface area (Å²) >= 11 is 0. The molecule has 0 amide bonds. The minimum Gasteiger partial charge on any atom is -0.392 e. The highest BCUT2D eigenvalue weighted by atomic mass is 16.5. The Morgan fingerprint density at radius 2 is 1.94 bits per heavy atom. The van der Waals surface area contributed by atoms with Crippen molar-refractivity contribution in [2.24, 2.45) is 10.8 Å². The summed E-state index contributed by atoms with van der Waals surface area (Å²) in [5.74, 6) is 0. The molecule has 3 heteroatoms. The van der Waals surface area contributed by atoms with Gasteiger partial charge in [0.25, 0.3) is 0 Å². The number of aliphatic hydroxyl groups is 1. The second-order valence-corrected chi connectivity index (χ2v) is 7.11. The first-order valence-electron chi connectivity index (χ1n) is 7.56. The molecule has 18 heavy (non-hydrogen) atoms. The summed E-state index contributed by atoms with van der Waals surface area (Å²) in [5.41, 5.74) is 0.480. The van der Waals surface area contributed by atoms with E-state index in [9.17, 15) is 5.11 Å². The molecule has 0 aromatic rings. The fourth-order valence-corrected chi connectivity index (χ4v) is 4.10. The minimum atomic E-state index is -0.130. The highest BCUT2D eigenvalue weighted by molar-refractivity contribution is 5.15. The van der Waals surface area contributed by atoms with Crippen LogP contribution < -0.4 is 5.32 Å². The van der Waals surface area contributed by atoms with Crippen molar-refractivity contribution in [1.29, 1.82) is 0 Å². The van der Waals surface area contributed by atoms with Crippen molar-refractivity contribution in [3.63, 3.8) is 0 Å². The van der Waals surface area contributed by atoms with E-state index in [4.69, 9.17) is 4.74 Å². The second kappa shape index (κ2) is 4.19.